The molecule has 6 nitrogen and oxygen atoms in total. The van der Waals surface area contributed by atoms with Crippen LogP contribution in [0.15, 0.2) is 17.1 Å². The Bertz CT molecular complexity index is 508. The molecule has 0 aliphatic rings. The molecule has 0 spiro atoms. The number of carbonyl (C=O) groups excluding carboxylic acids is 1. The Morgan fingerprint density at radius 1 is 1.58 bits per heavy atom. The maximum Gasteiger partial charge on any atom is 0.253 e. The molecular formula is C13H21N3O3. The molecule has 1 amide bonds. The lowest BCUT2D eigenvalue weighted by molar-refractivity contribution is -0.133. The molecule has 0 fully saturated rings. The predicted octanol–water partition coefficient (Wildman–Crippen LogP) is 0.171. The summed E-state index contributed by atoms with van der Waals surface area (Å²) in [5.74, 6) is 0.267. The number of hydrogen-bond donors (Lipinski definition) is 1. The lowest BCUT2D eigenvalue weighted by atomic mass is 10.0. The fourth-order valence-electron chi connectivity index (χ4n) is 1.69. The second-order valence-corrected chi connectivity index (χ2v) is 5.02. The average molecular weight is 267 g/mol. The van der Waals surface area contributed by atoms with Crippen molar-refractivity contribution in [2.24, 2.45) is 0 Å². The molecule has 1 aromatic rings. The fourth-order valence-corrected chi connectivity index (χ4v) is 1.69. The van der Waals surface area contributed by atoms with Gasteiger partial charge < -0.3 is 10.0 Å². The van der Waals surface area contributed by atoms with Crippen LogP contribution in [0, 0.1) is 6.92 Å². The summed E-state index contributed by atoms with van der Waals surface area (Å²) in [5.41, 5.74) is -1.17. The van der Waals surface area contributed by atoms with Crippen LogP contribution in [0.5, 0.6) is 0 Å². The topological polar surface area (TPSA) is 75.4 Å². The molecule has 1 unspecified atom stereocenters. The van der Waals surface area contributed by atoms with Gasteiger partial charge in [0.1, 0.15) is 12.4 Å². The van der Waals surface area contributed by atoms with Gasteiger partial charge in [-0.15, -0.1) is 0 Å². The zero-order valence-corrected chi connectivity index (χ0v) is 11.9. The molecular weight excluding hydrogens is 246 g/mol. The highest BCUT2D eigenvalue weighted by atomic mass is 16.3. The van der Waals surface area contributed by atoms with Crippen LogP contribution >= 0.6 is 0 Å². The van der Waals surface area contributed by atoms with Crippen molar-refractivity contribution in [2.45, 2.75) is 39.3 Å². The van der Waals surface area contributed by atoms with Crippen LogP contribution in [0.25, 0.3) is 0 Å². The first kappa shape index (κ1) is 15.4. The van der Waals surface area contributed by atoms with Crippen LogP contribution in [0.1, 0.15) is 26.1 Å². The number of aryl methyl sites for hydroxylation is 1. The Kier molecular flexibility index (Phi) is 4.83. The van der Waals surface area contributed by atoms with E-state index < -0.39 is 5.60 Å². The summed E-state index contributed by atoms with van der Waals surface area (Å²) < 4.78 is 1.32. The number of aromatic nitrogens is 2. The van der Waals surface area contributed by atoms with E-state index in [0.29, 0.717) is 12.2 Å². The quantitative estimate of drug-likeness (QED) is 0.825. The van der Waals surface area contributed by atoms with Gasteiger partial charge in [0.25, 0.3) is 5.56 Å². The standard InChI is InChI=1S/C13H21N3O3/c1-5-13(3,19)9-15(4)12(18)8-16-10(2)14-7-6-11(16)17/h6-7,19H,5,8-9H2,1-4H3. The molecule has 19 heavy (non-hydrogen) atoms. The van der Waals surface area contributed by atoms with Crippen molar-refractivity contribution in [1.82, 2.24) is 14.5 Å². The number of rotatable bonds is 5. The largest absolute Gasteiger partial charge is 0.388 e. The van der Waals surface area contributed by atoms with Crippen molar-refractivity contribution >= 4 is 5.91 Å². The van der Waals surface area contributed by atoms with Gasteiger partial charge in [-0.25, -0.2) is 4.98 Å². The number of hydrogen-bond acceptors (Lipinski definition) is 4. The van der Waals surface area contributed by atoms with Crippen molar-refractivity contribution in [2.75, 3.05) is 13.6 Å². The highest BCUT2D eigenvalue weighted by molar-refractivity contribution is 5.75. The van der Waals surface area contributed by atoms with E-state index in [0.717, 1.165) is 0 Å². The molecule has 0 saturated heterocycles. The summed E-state index contributed by atoms with van der Waals surface area (Å²) in [4.78, 5) is 29.1. The molecule has 1 atom stereocenters. The van der Waals surface area contributed by atoms with Gasteiger partial charge in [-0.3, -0.25) is 14.2 Å². The van der Waals surface area contributed by atoms with Gasteiger partial charge in [-0.1, -0.05) is 6.92 Å². The Morgan fingerprint density at radius 2 is 2.21 bits per heavy atom. The molecule has 0 radical (unpaired) electrons. The first-order valence-corrected chi connectivity index (χ1v) is 6.25. The summed E-state index contributed by atoms with van der Waals surface area (Å²) >= 11 is 0. The monoisotopic (exact) mass is 267 g/mol. The van der Waals surface area contributed by atoms with Crippen molar-refractivity contribution in [1.29, 1.82) is 0 Å². The van der Waals surface area contributed by atoms with E-state index in [1.165, 1.54) is 21.7 Å². The number of amides is 1. The molecule has 0 aliphatic carbocycles. The molecule has 1 heterocycles. The molecule has 0 saturated carbocycles. The lowest BCUT2D eigenvalue weighted by Crippen LogP contribution is -2.43. The smallest absolute Gasteiger partial charge is 0.253 e. The summed E-state index contributed by atoms with van der Waals surface area (Å²) in [7, 11) is 1.61. The normalized spacial score (nSPS) is 13.9. The van der Waals surface area contributed by atoms with Crippen LogP contribution in [-0.4, -0.2) is 44.7 Å². The Morgan fingerprint density at radius 3 is 2.74 bits per heavy atom. The molecule has 1 N–H and O–H groups in total. The Balaban J connectivity index is 2.78. The second-order valence-electron chi connectivity index (χ2n) is 5.02. The molecule has 0 aliphatic heterocycles. The van der Waals surface area contributed by atoms with E-state index >= 15 is 0 Å². The molecule has 106 valence electrons. The van der Waals surface area contributed by atoms with Gasteiger partial charge in [0, 0.05) is 25.9 Å². The molecule has 0 bridgehead atoms. The van der Waals surface area contributed by atoms with E-state index in [9.17, 15) is 14.7 Å². The third-order valence-electron chi connectivity index (χ3n) is 3.19. The lowest BCUT2D eigenvalue weighted by Gasteiger charge is -2.28. The van der Waals surface area contributed by atoms with Crippen LogP contribution < -0.4 is 5.56 Å². The molecule has 6 heteroatoms. The van der Waals surface area contributed by atoms with Gasteiger partial charge in [-0.2, -0.15) is 0 Å². The summed E-state index contributed by atoms with van der Waals surface area (Å²) in [5, 5.41) is 9.94. The van der Waals surface area contributed by atoms with E-state index in [4.69, 9.17) is 0 Å². The van der Waals surface area contributed by atoms with Crippen LogP contribution in [0.2, 0.25) is 0 Å². The zero-order valence-electron chi connectivity index (χ0n) is 11.9. The Hall–Kier alpha value is -1.69. The number of carbonyl (C=O) groups is 1. The predicted molar refractivity (Wildman–Crippen MR) is 71.8 cm³/mol. The van der Waals surface area contributed by atoms with Crippen molar-refractivity contribution in [3.8, 4) is 0 Å². The van der Waals surface area contributed by atoms with Crippen molar-refractivity contribution < 1.29 is 9.90 Å². The van der Waals surface area contributed by atoms with Crippen LogP contribution in [0.4, 0.5) is 0 Å². The van der Waals surface area contributed by atoms with Crippen molar-refractivity contribution in [3.05, 3.63) is 28.4 Å². The molecule has 1 aromatic heterocycles. The highest BCUT2D eigenvalue weighted by Crippen LogP contribution is 2.10. The summed E-state index contributed by atoms with van der Waals surface area (Å²) in [6.45, 7) is 5.38. The zero-order chi connectivity index (χ0) is 14.6. The van der Waals surface area contributed by atoms with Gasteiger partial charge in [0.05, 0.1) is 5.60 Å². The maximum absolute atomic E-state index is 12.0. The van der Waals surface area contributed by atoms with Crippen LogP contribution in [-0.2, 0) is 11.3 Å². The van der Waals surface area contributed by atoms with Gasteiger partial charge >= 0.3 is 0 Å². The van der Waals surface area contributed by atoms with Gasteiger partial charge in [-0.05, 0) is 20.3 Å². The third kappa shape index (κ3) is 4.17. The molecule has 0 aromatic carbocycles. The second kappa shape index (κ2) is 5.97. The highest BCUT2D eigenvalue weighted by Gasteiger charge is 2.23. The minimum absolute atomic E-state index is 0.0607. The average Bonchev–Trinajstić information content (AvgIpc) is 2.33. The van der Waals surface area contributed by atoms with Crippen molar-refractivity contribution in [3.63, 3.8) is 0 Å². The first-order chi connectivity index (χ1) is 8.76. The number of aliphatic hydroxyl groups is 1. The van der Waals surface area contributed by atoms with E-state index in [-0.39, 0.29) is 24.6 Å². The molecule has 1 rings (SSSR count). The SMILES string of the molecule is CCC(C)(O)CN(C)C(=O)Cn1c(C)nccc1=O. The van der Waals surface area contributed by atoms with Gasteiger partial charge in [0.2, 0.25) is 5.91 Å². The van der Waals surface area contributed by atoms with Gasteiger partial charge in [0.15, 0.2) is 0 Å². The summed E-state index contributed by atoms with van der Waals surface area (Å²) in [6, 6.07) is 1.32. The fraction of sp³-hybridized carbons (Fsp3) is 0.615. The number of likely N-dealkylation sites (N-methyl/N-ethyl adjacent to an activating group) is 1. The minimum Gasteiger partial charge on any atom is -0.388 e. The third-order valence-corrected chi connectivity index (χ3v) is 3.19. The van der Waals surface area contributed by atoms with E-state index in [1.54, 1.807) is 20.9 Å². The van der Waals surface area contributed by atoms with Crippen LogP contribution in [0.3, 0.4) is 0 Å². The maximum atomic E-state index is 12.0. The summed E-state index contributed by atoms with van der Waals surface area (Å²) in [6.07, 6.45) is 1.97. The Labute approximate surface area is 112 Å². The number of nitrogens with zero attached hydrogens (tertiary/aromatic N) is 3. The minimum atomic E-state index is -0.917. The first-order valence-electron chi connectivity index (χ1n) is 6.25. The van der Waals surface area contributed by atoms with E-state index in [2.05, 4.69) is 4.98 Å². The van der Waals surface area contributed by atoms with E-state index in [1.807, 2.05) is 6.92 Å².